The van der Waals surface area contributed by atoms with Crippen molar-refractivity contribution < 1.29 is 19.1 Å². The molecule has 0 saturated heterocycles. The van der Waals surface area contributed by atoms with Gasteiger partial charge in [-0.1, -0.05) is 6.08 Å². The number of ether oxygens (including phenoxy) is 1. The fourth-order valence-corrected chi connectivity index (χ4v) is 5.25. The van der Waals surface area contributed by atoms with Gasteiger partial charge in [0.15, 0.2) is 11.5 Å². The fourth-order valence-electron chi connectivity index (χ4n) is 4.02. The molecule has 2 heterocycles. The van der Waals surface area contributed by atoms with Crippen LogP contribution in [0.25, 0.3) is 0 Å². The van der Waals surface area contributed by atoms with Crippen LogP contribution in [0.4, 0.5) is 5.00 Å². The third-order valence-electron chi connectivity index (χ3n) is 5.55. The van der Waals surface area contributed by atoms with Crippen LogP contribution in [0.2, 0.25) is 0 Å². The Morgan fingerprint density at radius 1 is 1.36 bits per heavy atom. The molecule has 1 amide bonds. The largest absolute Gasteiger partial charge is 0.504 e. The van der Waals surface area contributed by atoms with Gasteiger partial charge in [0.1, 0.15) is 10.8 Å². The molecule has 0 bridgehead atoms. The van der Waals surface area contributed by atoms with Crippen LogP contribution in [0.5, 0.6) is 11.5 Å². The Labute approximate surface area is 197 Å². The fraction of sp³-hybridized carbons (Fsp3) is 0.308. The Kier molecular flexibility index (Phi) is 7.29. The van der Waals surface area contributed by atoms with E-state index in [0.717, 1.165) is 42.4 Å². The number of aliphatic imine (C=N–C) groups is 1. The highest BCUT2D eigenvalue weighted by molar-refractivity contribution is 7.16. The van der Waals surface area contributed by atoms with Gasteiger partial charge in [-0.15, -0.1) is 17.9 Å². The molecule has 33 heavy (non-hydrogen) atoms. The number of hydrogen-bond acceptors (Lipinski definition) is 6. The predicted molar refractivity (Wildman–Crippen MR) is 131 cm³/mol. The van der Waals surface area contributed by atoms with Crippen molar-refractivity contribution in [2.75, 3.05) is 6.61 Å². The molecule has 0 atom stereocenters. The van der Waals surface area contributed by atoms with E-state index in [-0.39, 0.29) is 11.7 Å². The lowest BCUT2D eigenvalue weighted by atomic mass is 9.95. The highest BCUT2D eigenvalue weighted by Crippen LogP contribution is 2.40. The van der Waals surface area contributed by atoms with Gasteiger partial charge < -0.3 is 19.6 Å². The molecule has 0 saturated carbocycles. The third kappa shape index (κ3) is 5.20. The van der Waals surface area contributed by atoms with E-state index < -0.39 is 0 Å². The molecular weight excluding hydrogens is 436 g/mol. The van der Waals surface area contributed by atoms with Gasteiger partial charge in [-0.3, -0.25) is 4.79 Å². The van der Waals surface area contributed by atoms with Crippen molar-refractivity contribution in [1.82, 2.24) is 5.32 Å². The molecule has 1 aromatic carbocycles. The Balaban J connectivity index is 1.65. The van der Waals surface area contributed by atoms with E-state index in [9.17, 15) is 9.90 Å². The number of thiophene rings is 1. The van der Waals surface area contributed by atoms with Crippen LogP contribution >= 0.6 is 11.3 Å². The number of rotatable bonds is 9. The molecule has 7 heteroatoms. The van der Waals surface area contributed by atoms with Crippen molar-refractivity contribution in [2.45, 2.75) is 45.6 Å². The first-order chi connectivity index (χ1) is 16.1. The first kappa shape index (κ1) is 22.9. The predicted octanol–water partition coefficient (Wildman–Crippen LogP) is 5.73. The molecule has 0 aliphatic heterocycles. The molecular formula is C26H28N2O4S. The Bertz CT molecular complexity index is 1160. The Hall–Kier alpha value is -3.32. The summed E-state index contributed by atoms with van der Waals surface area (Å²) in [5.74, 6) is 1.12. The zero-order valence-corrected chi connectivity index (χ0v) is 19.5. The number of carbonyl (C=O) groups excluding carboxylic acids is 1. The zero-order chi connectivity index (χ0) is 23.2. The number of hydrogen-bond donors (Lipinski definition) is 2. The standard InChI is InChI=1S/C26H28N2O4S/c1-3-8-18-13-17(14-21(24(18)29)31-4-2)15-28-26-23(20-10-5-6-11-22(20)33-26)25(30)27-16-19-9-7-12-32-19/h3,7,9,12-15,29H,1,4-6,8,10-11,16H2,2H3,(H,27,30). The lowest BCUT2D eigenvalue weighted by Crippen LogP contribution is -2.23. The lowest BCUT2D eigenvalue weighted by Gasteiger charge is -2.12. The molecule has 172 valence electrons. The minimum absolute atomic E-state index is 0.124. The zero-order valence-electron chi connectivity index (χ0n) is 18.7. The van der Waals surface area contributed by atoms with Gasteiger partial charge in [0, 0.05) is 16.7 Å². The number of allylic oxidation sites excluding steroid dienone is 1. The summed E-state index contributed by atoms with van der Waals surface area (Å²) < 4.78 is 10.9. The van der Waals surface area contributed by atoms with Crippen LogP contribution < -0.4 is 10.1 Å². The van der Waals surface area contributed by atoms with Crippen LogP contribution in [0.1, 0.15) is 57.5 Å². The molecule has 4 rings (SSSR count). The minimum Gasteiger partial charge on any atom is -0.504 e. The van der Waals surface area contributed by atoms with Crippen LogP contribution in [0.3, 0.4) is 0 Å². The first-order valence-corrected chi connectivity index (χ1v) is 12.0. The number of nitrogens with zero attached hydrogens (tertiary/aromatic N) is 1. The summed E-state index contributed by atoms with van der Waals surface area (Å²) in [7, 11) is 0. The molecule has 3 aromatic rings. The monoisotopic (exact) mass is 464 g/mol. The van der Waals surface area contributed by atoms with Gasteiger partial charge >= 0.3 is 0 Å². The smallest absolute Gasteiger partial charge is 0.255 e. The molecule has 0 unspecified atom stereocenters. The number of aromatic hydroxyl groups is 1. The van der Waals surface area contributed by atoms with Gasteiger partial charge in [-0.2, -0.15) is 0 Å². The number of phenols is 1. The number of phenolic OH excluding ortho intramolecular Hbond substituents is 1. The number of fused-ring (bicyclic) bond motifs is 1. The minimum atomic E-state index is -0.133. The summed E-state index contributed by atoms with van der Waals surface area (Å²) in [5, 5.41) is 14.1. The molecule has 0 radical (unpaired) electrons. The maximum absolute atomic E-state index is 13.1. The summed E-state index contributed by atoms with van der Waals surface area (Å²) >= 11 is 1.59. The molecule has 2 N–H and O–H groups in total. The average molecular weight is 465 g/mol. The van der Waals surface area contributed by atoms with Gasteiger partial charge in [0.05, 0.1) is 25.0 Å². The van der Waals surface area contributed by atoms with Gasteiger partial charge in [0.2, 0.25) is 0 Å². The van der Waals surface area contributed by atoms with Crippen LogP contribution in [0, 0.1) is 0 Å². The van der Waals surface area contributed by atoms with Crippen molar-refractivity contribution in [1.29, 1.82) is 0 Å². The maximum Gasteiger partial charge on any atom is 0.255 e. The van der Waals surface area contributed by atoms with E-state index in [1.807, 2.05) is 19.1 Å². The molecule has 1 aliphatic rings. The lowest BCUT2D eigenvalue weighted by molar-refractivity contribution is 0.0948. The highest BCUT2D eigenvalue weighted by atomic mass is 32.1. The molecule has 6 nitrogen and oxygen atoms in total. The quantitative estimate of drug-likeness (QED) is 0.313. The average Bonchev–Trinajstić information content (AvgIpc) is 3.47. The number of nitrogens with one attached hydrogen (secondary N) is 1. The van der Waals surface area contributed by atoms with Crippen molar-refractivity contribution in [3.8, 4) is 11.5 Å². The Morgan fingerprint density at radius 2 is 2.21 bits per heavy atom. The number of amides is 1. The van der Waals surface area contributed by atoms with E-state index in [1.54, 1.807) is 42.0 Å². The number of furan rings is 1. The van der Waals surface area contributed by atoms with E-state index in [0.29, 0.717) is 41.6 Å². The summed E-state index contributed by atoms with van der Waals surface area (Å²) in [6.45, 7) is 6.41. The van der Waals surface area contributed by atoms with Crippen molar-refractivity contribution >= 4 is 28.5 Å². The second-order valence-electron chi connectivity index (χ2n) is 7.86. The van der Waals surface area contributed by atoms with E-state index in [4.69, 9.17) is 14.1 Å². The SMILES string of the molecule is C=CCc1cc(C=Nc2sc3c(c2C(=O)NCc2ccco2)CCCC3)cc(OCC)c1O. The second kappa shape index (κ2) is 10.5. The van der Waals surface area contributed by atoms with Crippen molar-refractivity contribution in [2.24, 2.45) is 4.99 Å². The third-order valence-corrected chi connectivity index (χ3v) is 6.75. The van der Waals surface area contributed by atoms with E-state index in [2.05, 4.69) is 11.9 Å². The number of benzene rings is 1. The normalized spacial score (nSPS) is 13.1. The van der Waals surface area contributed by atoms with E-state index in [1.165, 1.54) is 4.88 Å². The summed E-state index contributed by atoms with van der Waals surface area (Å²) in [4.78, 5) is 19.1. The van der Waals surface area contributed by atoms with Crippen LogP contribution in [-0.4, -0.2) is 23.8 Å². The van der Waals surface area contributed by atoms with Crippen molar-refractivity contribution in [3.63, 3.8) is 0 Å². The van der Waals surface area contributed by atoms with Gasteiger partial charge in [-0.05, 0) is 74.4 Å². The first-order valence-electron chi connectivity index (χ1n) is 11.2. The van der Waals surface area contributed by atoms with E-state index >= 15 is 0 Å². The summed E-state index contributed by atoms with van der Waals surface area (Å²) in [6, 6.07) is 7.27. The molecule has 2 aromatic heterocycles. The number of carbonyl (C=O) groups is 1. The highest BCUT2D eigenvalue weighted by Gasteiger charge is 2.25. The maximum atomic E-state index is 13.1. The molecule has 0 spiro atoms. The molecule has 0 fully saturated rings. The summed E-state index contributed by atoms with van der Waals surface area (Å²) in [5.41, 5.74) is 3.29. The van der Waals surface area contributed by atoms with Crippen LogP contribution in [0.15, 0.2) is 52.6 Å². The second-order valence-corrected chi connectivity index (χ2v) is 8.95. The van der Waals surface area contributed by atoms with Gasteiger partial charge in [-0.25, -0.2) is 4.99 Å². The van der Waals surface area contributed by atoms with Crippen LogP contribution in [-0.2, 0) is 25.8 Å². The topological polar surface area (TPSA) is 84.1 Å². The number of aryl methyl sites for hydroxylation is 1. The van der Waals surface area contributed by atoms with Gasteiger partial charge in [0.25, 0.3) is 5.91 Å². The summed E-state index contributed by atoms with van der Waals surface area (Å²) in [6.07, 6.45) is 9.65. The Morgan fingerprint density at radius 3 is 2.97 bits per heavy atom. The van der Waals surface area contributed by atoms with Crippen molar-refractivity contribution in [3.05, 3.63) is 76.1 Å². The molecule has 1 aliphatic carbocycles.